The van der Waals surface area contributed by atoms with Gasteiger partial charge in [0.25, 0.3) is 0 Å². The van der Waals surface area contributed by atoms with Gasteiger partial charge in [0, 0.05) is 10.9 Å². The molecular formula is C9H8N2OS. The third-order valence-electron chi connectivity index (χ3n) is 1.76. The van der Waals surface area contributed by atoms with E-state index in [0.29, 0.717) is 5.88 Å². The maximum absolute atomic E-state index is 5.11. The molecule has 0 atom stereocenters. The number of thiophene rings is 1. The maximum Gasteiger partial charge on any atom is 0.234 e. The van der Waals surface area contributed by atoms with Crippen molar-refractivity contribution < 1.29 is 4.74 Å². The molecule has 66 valence electrons. The summed E-state index contributed by atoms with van der Waals surface area (Å²) in [6.45, 7) is 3.71. The summed E-state index contributed by atoms with van der Waals surface area (Å²) in [5, 5.41) is 1.99. The minimum atomic E-state index is 0.628. The molecule has 2 heterocycles. The molecule has 3 nitrogen and oxygen atoms in total. The molecule has 0 aliphatic rings. The molecule has 0 unspecified atom stereocenters. The van der Waals surface area contributed by atoms with Crippen LogP contribution in [0.1, 0.15) is 5.56 Å². The predicted molar refractivity (Wildman–Crippen MR) is 54.1 cm³/mol. The molecule has 0 bridgehead atoms. The van der Waals surface area contributed by atoms with Gasteiger partial charge in [-0.25, -0.2) is 9.97 Å². The number of hydrogen-bond donors (Lipinski definition) is 0. The van der Waals surface area contributed by atoms with Gasteiger partial charge in [0.15, 0.2) is 0 Å². The van der Waals surface area contributed by atoms with Crippen molar-refractivity contribution in [2.24, 2.45) is 0 Å². The second-order valence-electron chi connectivity index (χ2n) is 2.46. The maximum atomic E-state index is 5.11. The van der Waals surface area contributed by atoms with Gasteiger partial charge >= 0.3 is 0 Å². The van der Waals surface area contributed by atoms with Crippen LogP contribution in [-0.4, -0.2) is 17.1 Å². The van der Waals surface area contributed by atoms with Crippen molar-refractivity contribution in [3.05, 3.63) is 23.8 Å². The van der Waals surface area contributed by atoms with Crippen LogP contribution in [0.2, 0.25) is 0 Å². The van der Waals surface area contributed by atoms with Crippen molar-refractivity contribution >= 4 is 27.6 Å². The molecule has 4 heteroatoms. The topological polar surface area (TPSA) is 35.0 Å². The highest BCUT2D eigenvalue weighted by Gasteiger charge is 2.07. The van der Waals surface area contributed by atoms with E-state index in [0.717, 1.165) is 15.8 Å². The first kappa shape index (κ1) is 8.19. The van der Waals surface area contributed by atoms with Crippen LogP contribution in [0.25, 0.3) is 16.3 Å². The minimum Gasteiger partial charge on any atom is -0.480 e. The fourth-order valence-corrected chi connectivity index (χ4v) is 2.11. The average Bonchev–Trinajstić information content (AvgIpc) is 2.60. The van der Waals surface area contributed by atoms with E-state index in [9.17, 15) is 0 Å². The second kappa shape index (κ2) is 3.14. The molecule has 0 radical (unpaired) electrons. The first-order valence-corrected chi connectivity index (χ1v) is 4.63. The Kier molecular flexibility index (Phi) is 1.98. The van der Waals surface area contributed by atoms with Gasteiger partial charge in [0.1, 0.15) is 11.0 Å². The van der Waals surface area contributed by atoms with Gasteiger partial charge in [-0.1, -0.05) is 12.7 Å². The summed E-state index contributed by atoms with van der Waals surface area (Å²) in [5.41, 5.74) is 1.94. The zero-order chi connectivity index (χ0) is 9.26. The van der Waals surface area contributed by atoms with Crippen molar-refractivity contribution in [3.63, 3.8) is 0 Å². The Labute approximate surface area is 79.7 Å². The largest absolute Gasteiger partial charge is 0.480 e. The molecule has 0 fully saturated rings. The fourth-order valence-electron chi connectivity index (χ4n) is 1.14. The van der Waals surface area contributed by atoms with Crippen LogP contribution in [-0.2, 0) is 0 Å². The standard InChI is InChI=1S/C9H8N2OS/c1-3-6-4-13-8-7(6)10-5-11-9(8)12-2/h3-5H,1H2,2H3. The summed E-state index contributed by atoms with van der Waals surface area (Å²) in [6, 6.07) is 0. The quantitative estimate of drug-likeness (QED) is 0.732. The fraction of sp³-hybridized carbons (Fsp3) is 0.111. The molecule has 0 saturated heterocycles. The van der Waals surface area contributed by atoms with Crippen LogP contribution in [0.3, 0.4) is 0 Å². The van der Waals surface area contributed by atoms with Gasteiger partial charge in [0.05, 0.1) is 12.6 Å². The molecule has 2 aromatic heterocycles. The Hall–Kier alpha value is -1.42. The highest BCUT2D eigenvalue weighted by Crippen LogP contribution is 2.30. The van der Waals surface area contributed by atoms with Crippen molar-refractivity contribution in [2.75, 3.05) is 7.11 Å². The third-order valence-corrected chi connectivity index (χ3v) is 2.74. The molecule has 13 heavy (non-hydrogen) atoms. The summed E-state index contributed by atoms with van der Waals surface area (Å²) in [6.07, 6.45) is 3.28. The van der Waals surface area contributed by atoms with Crippen LogP contribution in [0, 0.1) is 0 Å². The minimum absolute atomic E-state index is 0.628. The lowest BCUT2D eigenvalue weighted by Gasteiger charge is -1.97. The van der Waals surface area contributed by atoms with Crippen molar-refractivity contribution in [3.8, 4) is 5.88 Å². The Morgan fingerprint density at radius 2 is 2.38 bits per heavy atom. The number of hydrogen-bond acceptors (Lipinski definition) is 4. The molecule has 0 aliphatic heterocycles. The number of methoxy groups -OCH3 is 1. The summed E-state index contributed by atoms with van der Waals surface area (Å²) in [4.78, 5) is 8.18. The molecule has 0 N–H and O–H groups in total. The number of fused-ring (bicyclic) bond motifs is 1. The average molecular weight is 192 g/mol. The molecule has 0 saturated carbocycles. The van der Waals surface area contributed by atoms with Crippen LogP contribution in [0.5, 0.6) is 5.88 Å². The first-order valence-electron chi connectivity index (χ1n) is 3.75. The first-order chi connectivity index (χ1) is 6.36. The van der Waals surface area contributed by atoms with Gasteiger partial charge in [-0.2, -0.15) is 0 Å². The Morgan fingerprint density at radius 3 is 3.08 bits per heavy atom. The van der Waals surface area contributed by atoms with E-state index in [2.05, 4.69) is 16.5 Å². The number of nitrogens with zero attached hydrogens (tertiary/aromatic N) is 2. The SMILES string of the molecule is C=Cc1csc2c(OC)ncnc12. The van der Waals surface area contributed by atoms with Gasteiger partial charge in [-0.3, -0.25) is 0 Å². The molecule has 2 aromatic rings. The van der Waals surface area contributed by atoms with Crippen LogP contribution in [0.4, 0.5) is 0 Å². The van der Waals surface area contributed by atoms with E-state index in [4.69, 9.17) is 4.74 Å². The van der Waals surface area contributed by atoms with E-state index in [1.54, 1.807) is 24.5 Å². The summed E-state index contributed by atoms with van der Waals surface area (Å²) < 4.78 is 6.08. The summed E-state index contributed by atoms with van der Waals surface area (Å²) in [5.74, 6) is 0.628. The van der Waals surface area contributed by atoms with Crippen molar-refractivity contribution in [1.29, 1.82) is 0 Å². The molecule has 0 amide bonds. The van der Waals surface area contributed by atoms with E-state index in [1.807, 2.05) is 5.38 Å². The van der Waals surface area contributed by atoms with Gasteiger partial charge < -0.3 is 4.74 Å². The Morgan fingerprint density at radius 1 is 1.54 bits per heavy atom. The van der Waals surface area contributed by atoms with Gasteiger partial charge in [-0.05, 0) is 0 Å². The smallest absolute Gasteiger partial charge is 0.234 e. The second-order valence-corrected chi connectivity index (χ2v) is 3.34. The normalized spacial score (nSPS) is 10.2. The number of ether oxygens (including phenoxy) is 1. The molecule has 2 rings (SSSR count). The third kappa shape index (κ3) is 1.19. The Balaban J connectivity index is 2.79. The van der Waals surface area contributed by atoms with E-state index in [1.165, 1.54) is 6.33 Å². The highest BCUT2D eigenvalue weighted by atomic mass is 32.1. The zero-order valence-electron chi connectivity index (χ0n) is 7.15. The molecular weight excluding hydrogens is 184 g/mol. The predicted octanol–water partition coefficient (Wildman–Crippen LogP) is 2.34. The van der Waals surface area contributed by atoms with Crippen LogP contribution in [0.15, 0.2) is 18.3 Å². The van der Waals surface area contributed by atoms with Crippen LogP contribution >= 0.6 is 11.3 Å². The van der Waals surface area contributed by atoms with Crippen molar-refractivity contribution in [2.45, 2.75) is 0 Å². The van der Waals surface area contributed by atoms with Crippen LogP contribution < -0.4 is 4.74 Å². The highest BCUT2D eigenvalue weighted by molar-refractivity contribution is 7.17. The molecule has 0 spiro atoms. The molecule has 0 aromatic carbocycles. The monoisotopic (exact) mass is 192 g/mol. The molecule has 0 aliphatic carbocycles. The van der Waals surface area contributed by atoms with Gasteiger partial charge in [-0.15, -0.1) is 11.3 Å². The summed E-state index contributed by atoms with van der Waals surface area (Å²) in [7, 11) is 1.61. The zero-order valence-corrected chi connectivity index (χ0v) is 7.97. The number of rotatable bonds is 2. The van der Waals surface area contributed by atoms with E-state index in [-0.39, 0.29) is 0 Å². The summed E-state index contributed by atoms with van der Waals surface area (Å²) >= 11 is 1.57. The number of aromatic nitrogens is 2. The van der Waals surface area contributed by atoms with Crippen molar-refractivity contribution in [1.82, 2.24) is 9.97 Å². The van der Waals surface area contributed by atoms with E-state index < -0.39 is 0 Å². The lowest BCUT2D eigenvalue weighted by Crippen LogP contribution is -1.88. The lowest BCUT2D eigenvalue weighted by atomic mass is 10.3. The Bertz CT molecular complexity index is 450. The lowest BCUT2D eigenvalue weighted by molar-refractivity contribution is 0.403. The van der Waals surface area contributed by atoms with Gasteiger partial charge in [0.2, 0.25) is 5.88 Å². The van der Waals surface area contributed by atoms with E-state index >= 15 is 0 Å².